The van der Waals surface area contributed by atoms with Crippen molar-refractivity contribution in [2.24, 2.45) is 5.73 Å². The van der Waals surface area contributed by atoms with Crippen LogP contribution in [0, 0.1) is 0 Å². The van der Waals surface area contributed by atoms with Gasteiger partial charge in [-0.15, -0.1) is 0 Å². The number of rotatable bonds is 3. The zero-order valence-corrected chi connectivity index (χ0v) is 10.8. The second kappa shape index (κ2) is 5.58. The normalized spacial score (nSPS) is 11.0. The summed E-state index contributed by atoms with van der Waals surface area (Å²) in [6, 6.07) is 6.41. The Morgan fingerprint density at radius 3 is 2.12 bits per heavy atom. The van der Waals surface area contributed by atoms with E-state index >= 15 is 0 Å². The van der Waals surface area contributed by atoms with Gasteiger partial charge in [-0.05, 0) is 17.7 Å². The van der Waals surface area contributed by atoms with Crippen molar-refractivity contribution in [2.45, 2.75) is 10.3 Å². The van der Waals surface area contributed by atoms with Crippen LogP contribution in [-0.4, -0.2) is 15.6 Å². The van der Waals surface area contributed by atoms with Crippen LogP contribution in [0.4, 0.5) is 0 Å². The quantitative estimate of drug-likeness (QED) is 0.834. The van der Waals surface area contributed by atoms with Crippen molar-refractivity contribution in [3.05, 3.63) is 35.4 Å². The van der Waals surface area contributed by atoms with E-state index in [4.69, 9.17) is 40.5 Å². The van der Waals surface area contributed by atoms with Crippen molar-refractivity contribution in [1.29, 1.82) is 0 Å². The Hall–Kier alpha value is -0.970. The molecule has 0 unspecified atom stereocenters. The van der Waals surface area contributed by atoms with E-state index in [9.17, 15) is 9.59 Å². The lowest BCUT2D eigenvalue weighted by atomic mass is 10.1. The van der Waals surface area contributed by atoms with Crippen LogP contribution in [0.5, 0.6) is 0 Å². The number of amides is 2. The molecule has 0 aromatic heterocycles. The van der Waals surface area contributed by atoms with Crippen LogP contribution in [0.1, 0.15) is 15.9 Å². The molecule has 0 saturated carbocycles. The Bertz CT molecular complexity index is 426. The minimum Gasteiger partial charge on any atom is -0.366 e. The molecule has 0 spiro atoms. The number of nitrogens with two attached hydrogens (primary N) is 1. The number of hydrogen-bond donors (Lipinski definition) is 2. The van der Waals surface area contributed by atoms with E-state index in [2.05, 4.69) is 5.32 Å². The van der Waals surface area contributed by atoms with Gasteiger partial charge in [0.15, 0.2) is 0 Å². The predicted octanol–water partition coefficient (Wildman–Crippen LogP) is 1.77. The van der Waals surface area contributed by atoms with Gasteiger partial charge in [-0.2, -0.15) is 0 Å². The van der Waals surface area contributed by atoms with Gasteiger partial charge >= 0.3 is 0 Å². The second-order valence-electron chi connectivity index (χ2n) is 3.24. The maximum Gasteiger partial charge on any atom is 0.272 e. The lowest BCUT2D eigenvalue weighted by Gasteiger charge is -2.11. The van der Waals surface area contributed by atoms with Crippen molar-refractivity contribution in [2.75, 3.05) is 0 Å². The van der Waals surface area contributed by atoms with Crippen molar-refractivity contribution in [1.82, 2.24) is 5.32 Å². The summed E-state index contributed by atoms with van der Waals surface area (Å²) < 4.78 is -1.98. The van der Waals surface area contributed by atoms with Gasteiger partial charge in [-0.3, -0.25) is 9.59 Å². The van der Waals surface area contributed by atoms with Crippen LogP contribution >= 0.6 is 34.8 Å². The minimum atomic E-state index is -1.98. The Kier molecular flexibility index (Phi) is 4.62. The minimum absolute atomic E-state index is 0.200. The molecule has 92 valence electrons. The van der Waals surface area contributed by atoms with E-state index in [1.165, 1.54) is 0 Å². The molecule has 17 heavy (non-hydrogen) atoms. The maximum atomic E-state index is 11.2. The van der Waals surface area contributed by atoms with Crippen LogP contribution in [0.3, 0.4) is 0 Å². The molecule has 0 heterocycles. The zero-order chi connectivity index (χ0) is 13.1. The van der Waals surface area contributed by atoms with Crippen molar-refractivity contribution >= 4 is 46.6 Å². The Balaban J connectivity index is 2.59. The number of benzene rings is 1. The Morgan fingerprint density at radius 2 is 1.71 bits per heavy atom. The fraction of sp³-hybridized carbons (Fsp3) is 0.200. The van der Waals surface area contributed by atoms with Gasteiger partial charge in [-0.25, -0.2) is 0 Å². The molecule has 0 radical (unpaired) electrons. The highest BCUT2D eigenvalue weighted by Gasteiger charge is 2.29. The highest BCUT2D eigenvalue weighted by Crippen LogP contribution is 2.25. The molecule has 1 aromatic carbocycles. The largest absolute Gasteiger partial charge is 0.366 e. The third-order valence-electron chi connectivity index (χ3n) is 1.95. The smallest absolute Gasteiger partial charge is 0.272 e. The van der Waals surface area contributed by atoms with Crippen LogP contribution in [-0.2, 0) is 11.3 Å². The van der Waals surface area contributed by atoms with Crippen molar-refractivity contribution in [3.8, 4) is 0 Å². The van der Waals surface area contributed by atoms with E-state index in [1.54, 1.807) is 24.3 Å². The summed E-state index contributed by atoms with van der Waals surface area (Å²) in [6.45, 7) is 0.200. The molecule has 0 saturated heterocycles. The van der Waals surface area contributed by atoms with E-state index in [-0.39, 0.29) is 6.54 Å². The standard InChI is InChI=1S/C10H9Cl3N2O2/c11-10(12,13)9(17)15-5-6-1-3-7(4-2-6)8(14)16/h1-4H,5H2,(H2,14,16)(H,15,17). The summed E-state index contributed by atoms with van der Waals surface area (Å²) in [5, 5.41) is 2.44. The summed E-state index contributed by atoms with van der Waals surface area (Å²) in [5.74, 6) is -1.22. The number of carbonyl (C=O) groups is 2. The molecule has 3 N–H and O–H groups in total. The molecular weight excluding hydrogens is 286 g/mol. The van der Waals surface area contributed by atoms with Gasteiger partial charge in [0.25, 0.3) is 9.70 Å². The Morgan fingerprint density at radius 1 is 1.18 bits per heavy atom. The van der Waals surface area contributed by atoms with Gasteiger partial charge in [-0.1, -0.05) is 46.9 Å². The topological polar surface area (TPSA) is 72.2 Å². The molecule has 0 aliphatic heterocycles. The fourth-order valence-electron chi connectivity index (χ4n) is 1.07. The van der Waals surface area contributed by atoms with E-state index < -0.39 is 15.6 Å². The molecule has 1 rings (SSSR count). The van der Waals surface area contributed by atoms with Gasteiger partial charge in [0.2, 0.25) is 5.91 Å². The molecule has 2 amide bonds. The highest BCUT2D eigenvalue weighted by molar-refractivity contribution is 6.76. The predicted molar refractivity (Wildman–Crippen MR) is 67.1 cm³/mol. The lowest BCUT2D eigenvalue weighted by Crippen LogP contribution is -2.33. The number of primary amides is 1. The first-order chi connectivity index (χ1) is 7.80. The average Bonchev–Trinajstić information content (AvgIpc) is 2.25. The highest BCUT2D eigenvalue weighted by atomic mass is 35.6. The molecule has 1 aromatic rings. The molecule has 0 atom stereocenters. The van der Waals surface area contributed by atoms with E-state index in [1.807, 2.05) is 0 Å². The van der Waals surface area contributed by atoms with Crippen molar-refractivity contribution < 1.29 is 9.59 Å². The van der Waals surface area contributed by atoms with Crippen LogP contribution in [0.15, 0.2) is 24.3 Å². The molecular formula is C10H9Cl3N2O2. The van der Waals surface area contributed by atoms with Gasteiger partial charge in [0.1, 0.15) is 0 Å². The molecule has 0 aliphatic carbocycles. The summed E-state index contributed by atoms with van der Waals surface area (Å²) in [7, 11) is 0. The number of halogens is 3. The number of carbonyl (C=O) groups excluding carboxylic acids is 2. The fourth-order valence-corrected chi connectivity index (χ4v) is 1.27. The third kappa shape index (κ3) is 4.42. The monoisotopic (exact) mass is 294 g/mol. The summed E-state index contributed by atoms with van der Waals surface area (Å²) in [5.41, 5.74) is 6.23. The number of nitrogens with one attached hydrogen (secondary N) is 1. The van der Waals surface area contributed by atoms with Gasteiger partial charge in [0.05, 0.1) is 0 Å². The van der Waals surface area contributed by atoms with Gasteiger partial charge in [0, 0.05) is 12.1 Å². The Labute approximate surface area is 113 Å². The van der Waals surface area contributed by atoms with Crippen LogP contribution in [0.2, 0.25) is 0 Å². The third-order valence-corrected chi connectivity index (χ3v) is 2.46. The van der Waals surface area contributed by atoms with Crippen LogP contribution in [0.25, 0.3) is 0 Å². The van der Waals surface area contributed by atoms with Crippen LogP contribution < -0.4 is 11.1 Å². The number of hydrogen-bond acceptors (Lipinski definition) is 2. The second-order valence-corrected chi connectivity index (χ2v) is 5.52. The molecule has 7 heteroatoms. The first-order valence-corrected chi connectivity index (χ1v) is 5.68. The molecule has 0 aliphatic rings. The first-order valence-electron chi connectivity index (χ1n) is 4.54. The van der Waals surface area contributed by atoms with Gasteiger partial charge < -0.3 is 11.1 Å². The SMILES string of the molecule is NC(=O)c1ccc(CNC(=O)C(Cl)(Cl)Cl)cc1. The van der Waals surface area contributed by atoms with E-state index in [0.29, 0.717) is 5.56 Å². The summed E-state index contributed by atoms with van der Waals surface area (Å²) in [4.78, 5) is 22.0. The van der Waals surface area contributed by atoms with Crippen molar-refractivity contribution in [3.63, 3.8) is 0 Å². The lowest BCUT2D eigenvalue weighted by molar-refractivity contribution is -0.120. The molecule has 4 nitrogen and oxygen atoms in total. The average molecular weight is 296 g/mol. The maximum absolute atomic E-state index is 11.2. The number of alkyl halides is 3. The summed E-state index contributed by atoms with van der Waals surface area (Å²) >= 11 is 16.1. The molecule has 0 fully saturated rings. The van der Waals surface area contributed by atoms with E-state index in [0.717, 1.165) is 5.56 Å². The molecule has 0 bridgehead atoms. The summed E-state index contributed by atoms with van der Waals surface area (Å²) in [6.07, 6.45) is 0. The first kappa shape index (κ1) is 14.1. The zero-order valence-electron chi connectivity index (χ0n) is 8.54.